The number of rotatable bonds is 8. The summed E-state index contributed by atoms with van der Waals surface area (Å²) in [4.78, 5) is 33.0. The maximum atomic E-state index is 14.2. The molecule has 12 heteroatoms. The number of pyridine rings is 1. The molecule has 0 saturated carbocycles. The zero-order chi connectivity index (χ0) is 26.0. The Morgan fingerprint density at radius 1 is 1.19 bits per heavy atom. The molecule has 4 rings (SSSR count). The number of fused-ring (bicyclic) bond motifs is 1. The number of hydrogen-bond donors (Lipinski definition) is 4. The molecule has 0 aliphatic heterocycles. The number of anilines is 2. The van der Waals surface area contributed by atoms with E-state index in [1.807, 2.05) is 0 Å². The van der Waals surface area contributed by atoms with E-state index in [1.165, 1.54) is 30.8 Å². The summed E-state index contributed by atoms with van der Waals surface area (Å²) >= 11 is 5.99. The predicted octanol–water partition coefficient (Wildman–Crippen LogP) is 3.13. The molecule has 2 amide bonds. The lowest BCUT2D eigenvalue weighted by molar-refractivity contribution is -0.00177. The lowest BCUT2D eigenvalue weighted by Crippen LogP contribution is -2.42. The Morgan fingerprint density at radius 3 is 2.58 bits per heavy atom. The number of aromatic nitrogens is 4. The predicted molar refractivity (Wildman–Crippen MR) is 133 cm³/mol. The maximum absolute atomic E-state index is 14.2. The van der Waals surface area contributed by atoms with Gasteiger partial charge in [-0.15, -0.1) is 0 Å². The zero-order valence-electron chi connectivity index (χ0n) is 19.4. The van der Waals surface area contributed by atoms with Crippen LogP contribution in [-0.4, -0.2) is 54.8 Å². The Morgan fingerprint density at radius 2 is 1.92 bits per heavy atom. The first-order valence-electron chi connectivity index (χ1n) is 10.8. The topological polar surface area (TPSA) is 148 Å². The van der Waals surface area contributed by atoms with Crippen molar-refractivity contribution in [1.82, 2.24) is 24.9 Å². The molecule has 0 radical (unpaired) electrons. The molecular formula is C24H23ClFN7O3. The van der Waals surface area contributed by atoms with Crippen LogP contribution in [0.2, 0.25) is 5.02 Å². The van der Waals surface area contributed by atoms with Gasteiger partial charge in [0.25, 0.3) is 5.91 Å². The van der Waals surface area contributed by atoms with Crippen molar-refractivity contribution in [1.29, 1.82) is 0 Å². The zero-order valence-corrected chi connectivity index (χ0v) is 20.1. The lowest BCUT2D eigenvalue weighted by atomic mass is 10.0. The first-order valence-corrected chi connectivity index (χ1v) is 11.2. The van der Waals surface area contributed by atoms with Crippen LogP contribution in [0.5, 0.6) is 0 Å². The Kier molecular flexibility index (Phi) is 6.86. The molecule has 0 aliphatic rings. The molecular weight excluding hydrogens is 489 g/mol. The van der Waals surface area contributed by atoms with Gasteiger partial charge >= 0.3 is 0 Å². The number of halogens is 2. The van der Waals surface area contributed by atoms with Crippen molar-refractivity contribution in [3.8, 4) is 11.3 Å². The van der Waals surface area contributed by atoms with Gasteiger partial charge in [0.05, 0.1) is 52.1 Å². The summed E-state index contributed by atoms with van der Waals surface area (Å²) in [5.74, 6) is -1.16. The smallest absolute Gasteiger partial charge is 0.255 e. The molecule has 1 atom stereocenters. The molecule has 0 fully saturated rings. The Hall–Kier alpha value is -4.09. The maximum Gasteiger partial charge on any atom is 0.255 e. The lowest BCUT2D eigenvalue weighted by Gasteiger charge is -2.22. The number of nitrogens with two attached hydrogens (primary N) is 1. The van der Waals surface area contributed by atoms with Gasteiger partial charge in [-0.1, -0.05) is 11.6 Å². The minimum Gasteiger partial charge on any atom is -0.387 e. The number of benzene rings is 1. The molecule has 1 aromatic carbocycles. The van der Waals surface area contributed by atoms with Crippen LogP contribution >= 0.6 is 11.6 Å². The second-order valence-electron chi connectivity index (χ2n) is 8.61. The van der Waals surface area contributed by atoms with Crippen molar-refractivity contribution in [3.63, 3.8) is 0 Å². The molecule has 0 aliphatic carbocycles. The SMILES string of the molecule is CC(C)(O)C(F)CNC(=O)c1cnc(-c2cnn3cc(Cl)cnc23)cc1Nc1ccc(C(N)=O)cc1. The van der Waals surface area contributed by atoms with Crippen LogP contribution in [-0.2, 0) is 0 Å². The van der Waals surface area contributed by atoms with Crippen LogP contribution in [0.4, 0.5) is 15.8 Å². The summed E-state index contributed by atoms with van der Waals surface area (Å²) in [6, 6.07) is 7.98. The van der Waals surface area contributed by atoms with Gasteiger partial charge in [0.1, 0.15) is 6.17 Å². The average molecular weight is 512 g/mol. The molecule has 1 unspecified atom stereocenters. The molecule has 186 valence electrons. The van der Waals surface area contributed by atoms with Gasteiger partial charge in [-0.25, -0.2) is 13.9 Å². The van der Waals surface area contributed by atoms with Gasteiger partial charge in [0.2, 0.25) is 5.91 Å². The number of primary amides is 1. The van der Waals surface area contributed by atoms with Crippen LogP contribution in [0.15, 0.2) is 55.1 Å². The average Bonchev–Trinajstić information content (AvgIpc) is 3.25. The van der Waals surface area contributed by atoms with Crippen LogP contribution < -0.4 is 16.4 Å². The summed E-state index contributed by atoms with van der Waals surface area (Å²) < 4.78 is 15.7. The van der Waals surface area contributed by atoms with Crippen molar-refractivity contribution >= 4 is 40.4 Å². The number of hydrogen-bond acceptors (Lipinski definition) is 7. The van der Waals surface area contributed by atoms with Crippen LogP contribution in [0.3, 0.4) is 0 Å². The minimum absolute atomic E-state index is 0.133. The van der Waals surface area contributed by atoms with Gasteiger partial charge in [0.15, 0.2) is 5.65 Å². The van der Waals surface area contributed by atoms with Gasteiger partial charge in [-0.2, -0.15) is 5.10 Å². The highest BCUT2D eigenvalue weighted by atomic mass is 35.5. The second-order valence-corrected chi connectivity index (χ2v) is 9.05. The standard InChI is InChI=1S/C24H23ClFN7O3/c1-24(2,36)20(26)11-30-23(35)17-9-28-18(16-10-31-33-12-14(25)8-29-22(16)33)7-19(17)32-15-5-3-13(4-6-15)21(27)34/h3-10,12,20,36H,11H2,1-2H3,(H2,27,34)(H,28,32)(H,30,35). The molecule has 0 saturated heterocycles. The summed E-state index contributed by atoms with van der Waals surface area (Å²) in [5.41, 5.74) is 6.64. The van der Waals surface area contributed by atoms with Crippen molar-refractivity contribution in [2.45, 2.75) is 25.6 Å². The number of carbonyl (C=O) groups is 2. The van der Waals surface area contributed by atoms with E-state index in [2.05, 4.69) is 25.7 Å². The molecule has 3 heterocycles. The highest BCUT2D eigenvalue weighted by Crippen LogP contribution is 2.29. The van der Waals surface area contributed by atoms with E-state index in [0.29, 0.717) is 38.9 Å². The van der Waals surface area contributed by atoms with Gasteiger partial charge < -0.3 is 21.5 Å². The normalized spacial score (nSPS) is 12.4. The van der Waals surface area contributed by atoms with Gasteiger partial charge in [-0.3, -0.25) is 14.6 Å². The number of amides is 2. The minimum atomic E-state index is -1.68. The number of nitrogens with zero attached hydrogens (tertiary/aromatic N) is 4. The fourth-order valence-corrected chi connectivity index (χ4v) is 3.46. The monoisotopic (exact) mass is 511 g/mol. The summed E-state index contributed by atoms with van der Waals surface area (Å²) in [6.45, 7) is 2.25. The van der Waals surface area contributed by atoms with Crippen molar-refractivity contribution < 1.29 is 19.1 Å². The molecule has 10 nitrogen and oxygen atoms in total. The van der Waals surface area contributed by atoms with Crippen LogP contribution in [0, 0.1) is 0 Å². The highest BCUT2D eigenvalue weighted by Gasteiger charge is 2.27. The number of alkyl halides is 1. The van der Waals surface area contributed by atoms with E-state index in [-0.39, 0.29) is 5.56 Å². The fraction of sp³-hybridized carbons (Fsp3) is 0.208. The summed E-state index contributed by atoms with van der Waals surface area (Å²) in [6.07, 6.45) is 4.33. The second kappa shape index (κ2) is 9.88. The molecule has 5 N–H and O–H groups in total. The third kappa shape index (κ3) is 5.42. The van der Waals surface area contributed by atoms with Crippen LogP contribution in [0.25, 0.3) is 16.9 Å². The molecule has 36 heavy (non-hydrogen) atoms. The first-order chi connectivity index (χ1) is 17.0. The third-order valence-corrected chi connectivity index (χ3v) is 5.60. The summed E-state index contributed by atoms with van der Waals surface area (Å²) in [5, 5.41) is 20.1. The Balaban J connectivity index is 1.70. The van der Waals surface area contributed by atoms with Gasteiger partial charge in [0, 0.05) is 23.6 Å². The molecule has 0 bridgehead atoms. The largest absolute Gasteiger partial charge is 0.387 e. The van der Waals surface area contributed by atoms with Gasteiger partial charge in [-0.05, 0) is 44.2 Å². The van der Waals surface area contributed by atoms with E-state index in [1.54, 1.807) is 42.7 Å². The van der Waals surface area contributed by atoms with E-state index >= 15 is 0 Å². The highest BCUT2D eigenvalue weighted by molar-refractivity contribution is 6.30. The van der Waals surface area contributed by atoms with E-state index < -0.39 is 30.1 Å². The third-order valence-electron chi connectivity index (χ3n) is 5.41. The van der Waals surface area contributed by atoms with E-state index in [4.69, 9.17) is 17.3 Å². The van der Waals surface area contributed by atoms with Crippen LogP contribution in [0.1, 0.15) is 34.6 Å². The van der Waals surface area contributed by atoms with Crippen molar-refractivity contribution in [2.24, 2.45) is 5.73 Å². The molecule has 4 aromatic rings. The van der Waals surface area contributed by atoms with E-state index in [9.17, 15) is 19.1 Å². The number of carbonyl (C=O) groups excluding carboxylic acids is 2. The molecule has 0 spiro atoms. The quantitative estimate of drug-likeness (QED) is 0.284. The number of aliphatic hydroxyl groups is 1. The Labute approximate surface area is 210 Å². The van der Waals surface area contributed by atoms with Crippen molar-refractivity contribution in [3.05, 3.63) is 71.3 Å². The molecule has 3 aromatic heterocycles. The first kappa shape index (κ1) is 25.0. The van der Waals surface area contributed by atoms with Crippen molar-refractivity contribution in [2.75, 3.05) is 11.9 Å². The fourth-order valence-electron chi connectivity index (χ4n) is 3.32. The van der Waals surface area contributed by atoms with E-state index in [0.717, 1.165) is 0 Å². The Bertz CT molecular complexity index is 1430. The summed E-state index contributed by atoms with van der Waals surface area (Å²) in [7, 11) is 0. The number of nitrogens with one attached hydrogen (secondary N) is 2.